The second kappa shape index (κ2) is 6.07. The summed E-state index contributed by atoms with van der Waals surface area (Å²) >= 11 is 0. The maximum absolute atomic E-state index is 5.70. The van der Waals surface area contributed by atoms with Crippen molar-refractivity contribution in [1.82, 2.24) is 0 Å². The molecule has 0 unspecified atom stereocenters. The van der Waals surface area contributed by atoms with E-state index in [1.807, 2.05) is 25.1 Å². The molecule has 1 heteroatoms. The highest BCUT2D eigenvalue weighted by atomic mass is 16.5. The van der Waals surface area contributed by atoms with Crippen molar-refractivity contribution in [2.75, 3.05) is 0 Å². The zero-order chi connectivity index (χ0) is 11.1. The number of allylic oxidation sites excluding steroid dienone is 2. The molecule has 0 aliphatic carbocycles. The van der Waals surface area contributed by atoms with Gasteiger partial charge in [-0.2, -0.15) is 0 Å². The van der Waals surface area contributed by atoms with Crippen LogP contribution in [0.5, 0.6) is 0 Å². The zero-order valence-corrected chi connectivity index (χ0v) is 9.44. The van der Waals surface area contributed by atoms with Gasteiger partial charge in [0.25, 0.3) is 0 Å². The van der Waals surface area contributed by atoms with Gasteiger partial charge in [0.2, 0.25) is 0 Å². The van der Waals surface area contributed by atoms with E-state index in [0.717, 1.165) is 12.0 Å². The van der Waals surface area contributed by atoms with E-state index < -0.39 is 0 Å². The lowest BCUT2D eigenvalue weighted by molar-refractivity contribution is 0.141. The molecule has 0 spiro atoms. The van der Waals surface area contributed by atoms with Crippen LogP contribution in [0.2, 0.25) is 0 Å². The summed E-state index contributed by atoms with van der Waals surface area (Å²) in [7, 11) is 0. The van der Waals surface area contributed by atoms with E-state index in [1.165, 1.54) is 5.56 Å². The molecule has 0 saturated heterocycles. The van der Waals surface area contributed by atoms with Gasteiger partial charge in [-0.15, -0.1) is 0 Å². The molecule has 0 N–H and O–H groups in total. The second-order valence-corrected chi connectivity index (χ2v) is 3.51. The van der Waals surface area contributed by atoms with Crippen LogP contribution in [0.4, 0.5) is 0 Å². The number of rotatable bonds is 5. The van der Waals surface area contributed by atoms with Crippen molar-refractivity contribution in [1.29, 1.82) is 0 Å². The van der Waals surface area contributed by atoms with Crippen molar-refractivity contribution < 1.29 is 4.74 Å². The van der Waals surface area contributed by atoms with Crippen LogP contribution in [-0.2, 0) is 4.74 Å². The largest absolute Gasteiger partial charge is 0.493 e. The van der Waals surface area contributed by atoms with Crippen LogP contribution in [0.3, 0.4) is 0 Å². The number of benzene rings is 1. The van der Waals surface area contributed by atoms with E-state index >= 15 is 0 Å². The molecule has 0 amide bonds. The minimum atomic E-state index is 0.140. The Morgan fingerprint density at radius 2 is 2.07 bits per heavy atom. The Morgan fingerprint density at radius 1 is 1.40 bits per heavy atom. The smallest absolute Gasteiger partial charge is 0.123 e. The third-order valence-corrected chi connectivity index (χ3v) is 2.28. The predicted molar refractivity (Wildman–Crippen MR) is 64.5 cm³/mol. The van der Waals surface area contributed by atoms with E-state index in [2.05, 4.69) is 25.6 Å². The number of ether oxygens (including phenoxy) is 1. The summed E-state index contributed by atoms with van der Waals surface area (Å²) in [5.41, 5.74) is 2.26. The highest BCUT2D eigenvalue weighted by Crippen LogP contribution is 2.21. The fourth-order valence-electron chi connectivity index (χ4n) is 1.32. The molecular formula is C14H18O. The van der Waals surface area contributed by atoms with E-state index in [1.54, 1.807) is 12.3 Å². The van der Waals surface area contributed by atoms with Gasteiger partial charge < -0.3 is 4.74 Å². The van der Waals surface area contributed by atoms with Gasteiger partial charge in [-0.25, -0.2) is 0 Å². The Kier molecular flexibility index (Phi) is 4.69. The maximum Gasteiger partial charge on any atom is 0.123 e. The van der Waals surface area contributed by atoms with E-state index in [0.29, 0.717) is 0 Å². The molecule has 0 aliphatic rings. The van der Waals surface area contributed by atoms with Gasteiger partial charge in [0, 0.05) is 0 Å². The Balaban J connectivity index is 2.69. The Bertz CT molecular complexity index is 324. The first-order chi connectivity index (χ1) is 7.27. The van der Waals surface area contributed by atoms with Crippen LogP contribution in [0, 0.1) is 0 Å². The van der Waals surface area contributed by atoms with Gasteiger partial charge in [0.05, 0.1) is 6.26 Å². The second-order valence-electron chi connectivity index (χ2n) is 3.51. The van der Waals surface area contributed by atoms with Crippen LogP contribution in [-0.4, -0.2) is 0 Å². The van der Waals surface area contributed by atoms with E-state index in [-0.39, 0.29) is 6.10 Å². The molecule has 0 fully saturated rings. The van der Waals surface area contributed by atoms with Crippen molar-refractivity contribution in [2.45, 2.75) is 26.4 Å². The molecule has 0 radical (unpaired) electrons. The molecule has 0 heterocycles. The molecule has 1 rings (SSSR count). The van der Waals surface area contributed by atoms with Crippen LogP contribution in [0.15, 0.2) is 54.8 Å². The lowest BCUT2D eigenvalue weighted by atomic mass is 10.1. The highest BCUT2D eigenvalue weighted by molar-refractivity contribution is 5.18. The molecule has 80 valence electrons. The van der Waals surface area contributed by atoms with Crippen molar-refractivity contribution in [2.24, 2.45) is 0 Å². The number of hydrogen-bond acceptors (Lipinski definition) is 1. The van der Waals surface area contributed by atoms with Crippen LogP contribution >= 0.6 is 0 Å². The van der Waals surface area contributed by atoms with Crippen molar-refractivity contribution >= 4 is 0 Å². The Morgan fingerprint density at radius 3 is 2.60 bits per heavy atom. The number of hydrogen-bond donors (Lipinski definition) is 0. The molecule has 0 bridgehead atoms. The van der Waals surface area contributed by atoms with Gasteiger partial charge in [0.1, 0.15) is 6.10 Å². The normalized spacial score (nSPS) is 13.3. The molecular weight excluding hydrogens is 184 g/mol. The summed E-state index contributed by atoms with van der Waals surface area (Å²) in [6.45, 7) is 7.79. The van der Waals surface area contributed by atoms with Gasteiger partial charge in [-0.05, 0) is 24.5 Å². The fourth-order valence-corrected chi connectivity index (χ4v) is 1.32. The summed E-state index contributed by atoms with van der Waals surface area (Å²) in [5.74, 6) is 0. The van der Waals surface area contributed by atoms with Crippen molar-refractivity contribution in [3.63, 3.8) is 0 Å². The van der Waals surface area contributed by atoms with Crippen molar-refractivity contribution in [3.8, 4) is 0 Å². The van der Waals surface area contributed by atoms with E-state index in [4.69, 9.17) is 4.74 Å². The monoisotopic (exact) mass is 202 g/mol. The minimum Gasteiger partial charge on any atom is -0.493 e. The highest BCUT2D eigenvalue weighted by Gasteiger charge is 2.07. The lowest BCUT2D eigenvalue weighted by Crippen LogP contribution is -1.98. The molecule has 1 aromatic rings. The summed E-state index contributed by atoms with van der Waals surface area (Å²) in [6.07, 6.45) is 4.66. The topological polar surface area (TPSA) is 9.23 Å². The third-order valence-electron chi connectivity index (χ3n) is 2.28. The average Bonchev–Trinajstić information content (AvgIpc) is 2.31. The van der Waals surface area contributed by atoms with Gasteiger partial charge in [-0.3, -0.25) is 0 Å². The summed E-state index contributed by atoms with van der Waals surface area (Å²) in [5, 5.41) is 0. The first-order valence-corrected chi connectivity index (χ1v) is 5.27. The molecule has 1 nitrogen and oxygen atoms in total. The molecule has 15 heavy (non-hydrogen) atoms. The van der Waals surface area contributed by atoms with Crippen LogP contribution in [0.25, 0.3) is 0 Å². The zero-order valence-electron chi connectivity index (χ0n) is 9.44. The minimum absolute atomic E-state index is 0.140. The Hall–Kier alpha value is -1.50. The standard InChI is InChI=1S/C14H18O/c1-4-12(3)11-15-14(5-2)13-9-7-6-8-10-13/h4,6-11,14H,1,5H2,2-3H3/b12-11+/t14-/m1/s1. The van der Waals surface area contributed by atoms with Crippen LogP contribution in [0.1, 0.15) is 31.9 Å². The first-order valence-electron chi connectivity index (χ1n) is 5.27. The molecule has 0 aliphatic heterocycles. The lowest BCUT2D eigenvalue weighted by Gasteiger charge is -2.15. The van der Waals surface area contributed by atoms with Gasteiger partial charge in [-0.1, -0.05) is 49.9 Å². The summed E-state index contributed by atoms with van der Waals surface area (Å²) < 4.78 is 5.70. The van der Waals surface area contributed by atoms with Gasteiger partial charge >= 0.3 is 0 Å². The van der Waals surface area contributed by atoms with E-state index in [9.17, 15) is 0 Å². The molecule has 0 saturated carbocycles. The summed E-state index contributed by atoms with van der Waals surface area (Å²) in [6, 6.07) is 10.3. The van der Waals surface area contributed by atoms with Crippen LogP contribution < -0.4 is 0 Å². The SMILES string of the molecule is C=C/C(C)=C/O[C@H](CC)c1ccccc1. The molecule has 1 atom stereocenters. The predicted octanol–water partition coefficient (Wildman–Crippen LogP) is 4.24. The summed E-state index contributed by atoms with van der Waals surface area (Å²) in [4.78, 5) is 0. The fraction of sp³-hybridized carbons (Fsp3) is 0.286. The average molecular weight is 202 g/mol. The first kappa shape index (κ1) is 11.6. The molecule has 1 aromatic carbocycles. The molecule has 0 aromatic heterocycles. The maximum atomic E-state index is 5.70. The van der Waals surface area contributed by atoms with Crippen molar-refractivity contribution in [3.05, 3.63) is 60.4 Å². The third kappa shape index (κ3) is 3.62. The quantitative estimate of drug-likeness (QED) is 0.512. The Labute approximate surface area is 92.1 Å². The van der Waals surface area contributed by atoms with Gasteiger partial charge in [0.15, 0.2) is 0 Å².